The zero-order valence-electron chi connectivity index (χ0n) is 18.8. The molecule has 7 nitrogen and oxygen atoms in total. The molecule has 1 aliphatic carbocycles. The molecule has 2 aliphatic heterocycles. The first kappa shape index (κ1) is 21.2. The van der Waals surface area contributed by atoms with Crippen molar-refractivity contribution >= 4 is 11.8 Å². The monoisotopic (exact) mass is 435 g/mol. The Bertz CT molecular complexity index is 966. The van der Waals surface area contributed by atoms with E-state index in [0.717, 1.165) is 69.5 Å². The second-order valence-corrected chi connectivity index (χ2v) is 9.88. The van der Waals surface area contributed by atoms with Crippen LogP contribution in [0.4, 0.5) is 0 Å². The van der Waals surface area contributed by atoms with E-state index in [1.165, 1.54) is 19.3 Å². The van der Waals surface area contributed by atoms with Crippen LogP contribution in [-0.4, -0.2) is 50.6 Å². The van der Waals surface area contributed by atoms with Crippen LogP contribution < -0.4 is 5.32 Å². The Kier molecular flexibility index (Phi) is 5.98. The third-order valence-corrected chi connectivity index (χ3v) is 7.70. The molecule has 1 aromatic heterocycles. The second kappa shape index (κ2) is 9.04. The first-order valence-corrected chi connectivity index (χ1v) is 12.2. The lowest BCUT2D eigenvalue weighted by Gasteiger charge is -2.27. The van der Waals surface area contributed by atoms with Crippen molar-refractivity contribution in [1.82, 2.24) is 25.0 Å². The fourth-order valence-electron chi connectivity index (χ4n) is 5.71. The van der Waals surface area contributed by atoms with E-state index in [9.17, 15) is 9.59 Å². The SMILES string of the molecule is O=C(NC1CCCCC1)c1nnc2n1CCC1(CC2)CCN(C(=O)Cc2ccccc2)C1. The third kappa shape index (κ3) is 4.43. The summed E-state index contributed by atoms with van der Waals surface area (Å²) in [7, 11) is 0. The van der Waals surface area contributed by atoms with Crippen LogP contribution in [0.1, 0.15) is 73.4 Å². The summed E-state index contributed by atoms with van der Waals surface area (Å²) in [6.07, 6.45) is 10.00. The summed E-state index contributed by atoms with van der Waals surface area (Å²) in [4.78, 5) is 27.8. The minimum absolute atomic E-state index is 0.0855. The molecule has 1 aromatic carbocycles. The van der Waals surface area contributed by atoms with Crippen LogP contribution in [0.3, 0.4) is 0 Å². The Hall–Kier alpha value is -2.70. The van der Waals surface area contributed by atoms with Crippen LogP contribution in [0.15, 0.2) is 30.3 Å². The lowest BCUT2D eigenvalue weighted by molar-refractivity contribution is -0.129. The van der Waals surface area contributed by atoms with Crippen LogP contribution in [0.5, 0.6) is 0 Å². The van der Waals surface area contributed by atoms with Gasteiger partial charge in [0.2, 0.25) is 11.7 Å². The van der Waals surface area contributed by atoms with Crippen molar-refractivity contribution in [2.45, 2.75) is 76.8 Å². The fourth-order valence-corrected chi connectivity index (χ4v) is 5.71. The van der Waals surface area contributed by atoms with Crippen LogP contribution in [-0.2, 0) is 24.2 Å². The number of aryl methyl sites for hydroxylation is 1. The highest BCUT2D eigenvalue weighted by Gasteiger charge is 2.41. The predicted molar refractivity (Wildman–Crippen MR) is 121 cm³/mol. The minimum atomic E-state index is -0.0855. The smallest absolute Gasteiger partial charge is 0.289 e. The number of likely N-dealkylation sites (tertiary alicyclic amines) is 1. The molecule has 1 N–H and O–H groups in total. The minimum Gasteiger partial charge on any atom is -0.347 e. The molecule has 1 saturated heterocycles. The Morgan fingerprint density at radius 3 is 2.59 bits per heavy atom. The first-order chi connectivity index (χ1) is 15.6. The Labute approximate surface area is 189 Å². The molecule has 3 heterocycles. The standard InChI is InChI=1S/C25H33N5O2/c31-22(17-19-7-3-1-4-8-19)29-15-13-25(18-29)12-11-21-27-28-23(30(21)16-14-25)24(32)26-20-9-5-2-6-10-20/h1,3-4,7-8,20H,2,5-6,9-18H2,(H,26,32). The number of carbonyl (C=O) groups excluding carboxylic acids is 2. The maximum absolute atomic E-state index is 12.9. The van der Waals surface area contributed by atoms with Gasteiger partial charge in [-0.05, 0) is 43.1 Å². The number of nitrogens with one attached hydrogen (secondary N) is 1. The van der Waals surface area contributed by atoms with E-state index in [0.29, 0.717) is 12.2 Å². The van der Waals surface area contributed by atoms with Gasteiger partial charge >= 0.3 is 0 Å². The van der Waals surface area contributed by atoms with Gasteiger partial charge in [0, 0.05) is 32.1 Å². The van der Waals surface area contributed by atoms with Crippen molar-refractivity contribution in [3.05, 3.63) is 47.5 Å². The highest BCUT2D eigenvalue weighted by molar-refractivity contribution is 5.91. The van der Waals surface area contributed by atoms with Crippen molar-refractivity contribution < 1.29 is 9.59 Å². The molecule has 2 amide bonds. The van der Waals surface area contributed by atoms with Gasteiger partial charge in [0.15, 0.2) is 0 Å². The molecule has 32 heavy (non-hydrogen) atoms. The maximum atomic E-state index is 12.9. The molecular formula is C25H33N5O2. The number of hydrogen-bond acceptors (Lipinski definition) is 4. The molecular weight excluding hydrogens is 402 g/mol. The van der Waals surface area contributed by atoms with Crippen molar-refractivity contribution in [3.8, 4) is 0 Å². The molecule has 0 bridgehead atoms. The summed E-state index contributed by atoms with van der Waals surface area (Å²) in [5, 5.41) is 11.8. The quantitative estimate of drug-likeness (QED) is 0.800. The number of amides is 2. The summed E-state index contributed by atoms with van der Waals surface area (Å²) in [5.74, 6) is 1.49. The van der Waals surface area contributed by atoms with E-state index in [4.69, 9.17) is 0 Å². The van der Waals surface area contributed by atoms with Crippen LogP contribution >= 0.6 is 0 Å². The second-order valence-electron chi connectivity index (χ2n) is 9.88. The molecule has 5 rings (SSSR count). The fraction of sp³-hybridized carbons (Fsp3) is 0.600. The normalized spacial score (nSPS) is 23.7. The summed E-state index contributed by atoms with van der Waals surface area (Å²) < 4.78 is 2.03. The van der Waals surface area contributed by atoms with E-state index >= 15 is 0 Å². The zero-order valence-corrected chi connectivity index (χ0v) is 18.8. The van der Waals surface area contributed by atoms with Gasteiger partial charge in [0.25, 0.3) is 5.91 Å². The first-order valence-electron chi connectivity index (χ1n) is 12.2. The highest BCUT2D eigenvalue weighted by atomic mass is 16.2. The van der Waals surface area contributed by atoms with E-state index in [2.05, 4.69) is 15.5 Å². The van der Waals surface area contributed by atoms with Crippen molar-refractivity contribution in [2.75, 3.05) is 13.1 Å². The number of benzene rings is 1. The van der Waals surface area contributed by atoms with E-state index in [1.54, 1.807) is 0 Å². The number of aromatic nitrogens is 3. The molecule has 2 aromatic rings. The average molecular weight is 436 g/mol. The third-order valence-electron chi connectivity index (χ3n) is 7.70. The van der Waals surface area contributed by atoms with Crippen LogP contribution in [0.2, 0.25) is 0 Å². The van der Waals surface area contributed by atoms with Crippen LogP contribution in [0.25, 0.3) is 0 Å². The molecule has 1 saturated carbocycles. The van der Waals surface area contributed by atoms with Gasteiger partial charge in [0.1, 0.15) is 5.82 Å². The summed E-state index contributed by atoms with van der Waals surface area (Å²) >= 11 is 0. The molecule has 1 spiro atoms. The lowest BCUT2D eigenvalue weighted by Crippen LogP contribution is -2.37. The molecule has 170 valence electrons. The maximum Gasteiger partial charge on any atom is 0.289 e. The van der Waals surface area contributed by atoms with Crippen molar-refractivity contribution in [1.29, 1.82) is 0 Å². The lowest BCUT2D eigenvalue weighted by atomic mass is 9.80. The zero-order chi connectivity index (χ0) is 22.0. The highest BCUT2D eigenvalue weighted by Crippen LogP contribution is 2.41. The number of nitrogens with zero attached hydrogens (tertiary/aromatic N) is 4. The van der Waals surface area contributed by atoms with Gasteiger partial charge in [-0.3, -0.25) is 9.59 Å². The summed E-state index contributed by atoms with van der Waals surface area (Å²) in [5.41, 5.74) is 1.18. The van der Waals surface area contributed by atoms with Gasteiger partial charge < -0.3 is 14.8 Å². The Morgan fingerprint density at radius 1 is 1.00 bits per heavy atom. The van der Waals surface area contributed by atoms with E-state index in [-0.39, 0.29) is 23.3 Å². The Balaban J connectivity index is 1.21. The molecule has 1 atom stereocenters. The van der Waals surface area contributed by atoms with Gasteiger partial charge in [-0.15, -0.1) is 10.2 Å². The summed E-state index contributed by atoms with van der Waals surface area (Å²) in [6.45, 7) is 2.37. The van der Waals surface area contributed by atoms with Gasteiger partial charge in [-0.2, -0.15) is 0 Å². The molecule has 3 aliphatic rings. The van der Waals surface area contributed by atoms with Crippen LogP contribution in [0, 0.1) is 5.41 Å². The van der Waals surface area contributed by atoms with Crippen molar-refractivity contribution in [3.63, 3.8) is 0 Å². The molecule has 0 radical (unpaired) electrons. The van der Waals surface area contributed by atoms with Gasteiger partial charge in [0.05, 0.1) is 6.42 Å². The summed E-state index contributed by atoms with van der Waals surface area (Å²) in [6, 6.07) is 10.2. The number of fused-ring (bicyclic) bond motifs is 1. The van der Waals surface area contributed by atoms with Crippen molar-refractivity contribution in [2.24, 2.45) is 5.41 Å². The predicted octanol–water partition coefficient (Wildman–Crippen LogP) is 3.14. The number of carbonyl (C=O) groups is 2. The average Bonchev–Trinajstić information content (AvgIpc) is 3.38. The van der Waals surface area contributed by atoms with Gasteiger partial charge in [-0.25, -0.2) is 0 Å². The number of rotatable bonds is 4. The molecule has 1 unspecified atom stereocenters. The van der Waals surface area contributed by atoms with Gasteiger partial charge in [-0.1, -0.05) is 49.6 Å². The number of hydrogen-bond donors (Lipinski definition) is 1. The topological polar surface area (TPSA) is 80.1 Å². The molecule has 2 fully saturated rings. The Morgan fingerprint density at radius 2 is 1.78 bits per heavy atom. The van der Waals surface area contributed by atoms with E-state index < -0.39 is 0 Å². The largest absolute Gasteiger partial charge is 0.347 e. The van der Waals surface area contributed by atoms with E-state index in [1.807, 2.05) is 39.8 Å². The molecule has 7 heteroatoms.